The van der Waals surface area contributed by atoms with E-state index < -0.39 is 0 Å². The Morgan fingerprint density at radius 1 is 1.00 bits per heavy atom. The second-order valence-corrected chi connectivity index (χ2v) is 4.95. The van der Waals surface area contributed by atoms with Gasteiger partial charge in [-0.05, 0) is 23.8 Å². The predicted molar refractivity (Wildman–Crippen MR) is 86.2 cm³/mol. The third kappa shape index (κ3) is 3.67. The highest BCUT2D eigenvalue weighted by atomic mass is 16.5. The molecule has 0 saturated heterocycles. The summed E-state index contributed by atoms with van der Waals surface area (Å²) >= 11 is 0. The molecule has 0 bridgehead atoms. The van der Waals surface area contributed by atoms with Crippen LogP contribution in [0, 0.1) is 0 Å². The molecule has 0 aliphatic carbocycles. The third-order valence-corrected chi connectivity index (χ3v) is 3.24. The van der Waals surface area contributed by atoms with E-state index in [4.69, 9.17) is 9.47 Å². The Morgan fingerprint density at radius 2 is 1.77 bits per heavy atom. The summed E-state index contributed by atoms with van der Waals surface area (Å²) in [4.78, 5) is 12.0. The van der Waals surface area contributed by atoms with Crippen LogP contribution in [-0.2, 0) is 4.79 Å². The number of benzene rings is 2. The zero-order valence-corrected chi connectivity index (χ0v) is 12.1. The molecule has 0 atom stereocenters. The summed E-state index contributed by atoms with van der Waals surface area (Å²) in [6.07, 6.45) is 4.15. The minimum Gasteiger partial charge on any atom is -0.490 e. The first kappa shape index (κ1) is 14.2. The van der Waals surface area contributed by atoms with Crippen molar-refractivity contribution in [1.29, 1.82) is 0 Å². The lowest BCUT2D eigenvalue weighted by Crippen LogP contribution is -2.07. The SMILES string of the molecule is O=C(/C=C/c1ccccc1)Nc1ccc2c(c1)OCCCO2. The van der Waals surface area contributed by atoms with Gasteiger partial charge in [0.25, 0.3) is 0 Å². The number of amides is 1. The maximum atomic E-state index is 12.0. The monoisotopic (exact) mass is 295 g/mol. The van der Waals surface area contributed by atoms with Crippen molar-refractivity contribution in [1.82, 2.24) is 0 Å². The number of hydrogen-bond acceptors (Lipinski definition) is 3. The van der Waals surface area contributed by atoms with Crippen molar-refractivity contribution >= 4 is 17.7 Å². The van der Waals surface area contributed by atoms with Crippen molar-refractivity contribution in [2.24, 2.45) is 0 Å². The van der Waals surface area contributed by atoms with E-state index in [9.17, 15) is 4.79 Å². The first-order valence-electron chi connectivity index (χ1n) is 7.25. The van der Waals surface area contributed by atoms with E-state index in [2.05, 4.69) is 5.32 Å². The molecule has 0 radical (unpaired) electrons. The third-order valence-electron chi connectivity index (χ3n) is 3.24. The Bertz CT molecular complexity index is 680. The number of fused-ring (bicyclic) bond motifs is 1. The molecule has 22 heavy (non-hydrogen) atoms. The molecule has 0 aromatic heterocycles. The minimum atomic E-state index is -0.182. The zero-order chi connectivity index (χ0) is 15.2. The summed E-state index contributed by atoms with van der Waals surface area (Å²) in [6, 6.07) is 15.1. The van der Waals surface area contributed by atoms with Gasteiger partial charge in [-0.3, -0.25) is 4.79 Å². The van der Waals surface area contributed by atoms with E-state index in [-0.39, 0.29) is 5.91 Å². The lowest BCUT2D eigenvalue weighted by atomic mass is 10.2. The molecule has 4 heteroatoms. The number of rotatable bonds is 3. The first-order valence-corrected chi connectivity index (χ1v) is 7.25. The van der Waals surface area contributed by atoms with E-state index in [1.54, 1.807) is 12.1 Å². The summed E-state index contributed by atoms with van der Waals surface area (Å²) in [7, 11) is 0. The molecule has 0 spiro atoms. The van der Waals surface area contributed by atoms with E-state index in [0.29, 0.717) is 24.7 Å². The van der Waals surface area contributed by atoms with Crippen LogP contribution in [-0.4, -0.2) is 19.1 Å². The smallest absolute Gasteiger partial charge is 0.248 e. The van der Waals surface area contributed by atoms with Crippen LogP contribution in [0.15, 0.2) is 54.6 Å². The predicted octanol–water partition coefficient (Wildman–Crippen LogP) is 3.50. The molecular formula is C18H17NO3. The van der Waals surface area contributed by atoms with Crippen molar-refractivity contribution in [2.75, 3.05) is 18.5 Å². The maximum Gasteiger partial charge on any atom is 0.248 e. The highest BCUT2D eigenvalue weighted by molar-refractivity contribution is 6.02. The number of ether oxygens (including phenoxy) is 2. The molecule has 112 valence electrons. The van der Waals surface area contributed by atoms with Gasteiger partial charge in [0, 0.05) is 24.3 Å². The summed E-state index contributed by atoms with van der Waals surface area (Å²) in [5, 5.41) is 2.82. The summed E-state index contributed by atoms with van der Waals surface area (Å²) in [5.74, 6) is 1.20. The van der Waals surface area contributed by atoms with E-state index >= 15 is 0 Å². The molecule has 1 amide bonds. The highest BCUT2D eigenvalue weighted by Crippen LogP contribution is 2.32. The maximum absolute atomic E-state index is 12.0. The van der Waals surface area contributed by atoms with Gasteiger partial charge in [-0.25, -0.2) is 0 Å². The second kappa shape index (κ2) is 6.80. The van der Waals surface area contributed by atoms with Gasteiger partial charge in [-0.1, -0.05) is 30.3 Å². The molecule has 2 aromatic carbocycles. The van der Waals surface area contributed by atoms with Crippen LogP contribution < -0.4 is 14.8 Å². The van der Waals surface area contributed by atoms with Gasteiger partial charge in [-0.15, -0.1) is 0 Å². The lowest BCUT2D eigenvalue weighted by molar-refractivity contribution is -0.111. The number of nitrogens with one attached hydrogen (secondary N) is 1. The molecule has 1 aliphatic rings. The summed E-state index contributed by atoms with van der Waals surface area (Å²) in [5.41, 5.74) is 1.67. The molecule has 0 saturated carbocycles. The highest BCUT2D eigenvalue weighted by Gasteiger charge is 2.11. The molecule has 1 aliphatic heterocycles. The van der Waals surface area contributed by atoms with Crippen LogP contribution in [0.25, 0.3) is 6.08 Å². The number of carbonyl (C=O) groups is 1. The van der Waals surface area contributed by atoms with Crippen molar-refractivity contribution in [3.8, 4) is 11.5 Å². The van der Waals surface area contributed by atoms with Gasteiger partial charge < -0.3 is 14.8 Å². The Hall–Kier alpha value is -2.75. The van der Waals surface area contributed by atoms with Gasteiger partial charge in [0.2, 0.25) is 5.91 Å². The molecule has 4 nitrogen and oxygen atoms in total. The van der Waals surface area contributed by atoms with Crippen LogP contribution in [0.3, 0.4) is 0 Å². The van der Waals surface area contributed by atoms with Crippen molar-refractivity contribution < 1.29 is 14.3 Å². The second-order valence-electron chi connectivity index (χ2n) is 4.95. The van der Waals surface area contributed by atoms with Crippen LogP contribution in [0.5, 0.6) is 11.5 Å². The zero-order valence-electron chi connectivity index (χ0n) is 12.1. The molecule has 0 fully saturated rings. The molecule has 1 N–H and O–H groups in total. The number of carbonyl (C=O) groups excluding carboxylic acids is 1. The van der Waals surface area contributed by atoms with E-state index in [1.165, 1.54) is 6.08 Å². The largest absolute Gasteiger partial charge is 0.490 e. The fraction of sp³-hybridized carbons (Fsp3) is 0.167. The topological polar surface area (TPSA) is 47.6 Å². The van der Waals surface area contributed by atoms with Gasteiger partial charge in [0.15, 0.2) is 11.5 Å². The molecule has 3 rings (SSSR count). The van der Waals surface area contributed by atoms with Gasteiger partial charge in [0.1, 0.15) is 0 Å². The molecule has 0 unspecified atom stereocenters. The van der Waals surface area contributed by atoms with Crippen molar-refractivity contribution in [2.45, 2.75) is 6.42 Å². The first-order chi connectivity index (χ1) is 10.8. The van der Waals surface area contributed by atoms with Gasteiger partial charge in [-0.2, -0.15) is 0 Å². The minimum absolute atomic E-state index is 0.182. The Labute approximate surface area is 129 Å². The van der Waals surface area contributed by atoms with Gasteiger partial charge >= 0.3 is 0 Å². The van der Waals surface area contributed by atoms with E-state index in [0.717, 1.165) is 17.7 Å². The number of anilines is 1. The Kier molecular flexibility index (Phi) is 4.39. The van der Waals surface area contributed by atoms with Crippen LogP contribution >= 0.6 is 0 Å². The van der Waals surface area contributed by atoms with Crippen molar-refractivity contribution in [3.63, 3.8) is 0 Å². The standard InChI is InChI=1S/C18H17NO3/c20-18(10-7-14-5-2-1-3-6-14)19-15-8-9-16-17(13-15)22-12-4-11-21-16/h1-3,5-10,13H,4,11-12H2,(H,19,20)/b10-7+. The fourth-order valence-electron chi connectivity index (χ4n) is 2.16. The Morgan fingerprint density at radius 3 is 2.59 bits per heavy atom. The summed E-state index contributed by atoms with van der Waals surface area (Å²) < 4.78 is 11.2. The van der Waals surface area contributed by atoms with Crippen LogP contribution in [0.4, 0.5) is 5.69 Å². The normalized spacial score (nSPS) is 13.6. The fourth-order valence-corrected chi connectivity index (χ4v) is 2.16. The van der Waals surface area contributed by atoms with Crippen molar-refractivity contribution in [3.05, 3.63) is 60.2 Å². The molecule has 1 heterocycles. The average molecular weight is 295 g/mol. The summed E-state index contributed by atoms with van der Waals surface area (Å²) in [6.45, 7) is 1.27. The van der Waals surface area contributed by atoms with Crippen LogP contribution in [0.1, 0.15) is 12.0 Å². The van der Waals surface area contributed by atoms with Crippen LogP contribution in [0.2, 0.25) is 0 Å². The number of hydrogen-bond donors (Lipinski definition) is 1. The Balaban J connectivity index is 1.66. The molecule has 2 aromatic rings. The quantitative estimate of drug-likeness (QED) is 0.882. The van der Waals surface area contributed by atoms with Gasteiger partial charge in [0.05, 0.1) is 13.2 Å². The van der Waals surface area contributed by atoms with E-state index in [1.807, 2.05) is 42.5 Å². The average Bonchev–Trinajstić information content (AvgIpc) is 2.79. The molecular weight excluding hydrogens is 278 g/mol. The lowest BCUT2D eigenvalue weighted by Gasteiger charge is -2.09.